The standard InChI is InChI=1S/C23H28N4O2.HI/c1-17-18(2)29-22(27-17)14-26-23(24-3)25-13-20-10-7-11-21(12-20)16-28-15-19-8-5-4-6-9-19;/h4-12H,13-16H2,1-3H3,(H2,24,25,26);1H. The Morgan fingerprint density at radius 2 is 1.60 bits per heavy atom. The minimum Gasteiger partial charge on any atom is -0.444 e. The van der Waals surface area contributed by atoms with Gasteiger partial charge in [0.1, 0.15) is 5.76 Å². The van der Waals surface area contributed by atoms with Crippen LogP contribution in [0.2, 0.25) is 0 Å². The summed E-state index contributed by atoms with van der Waals surface area (Å²) in [7, 11) is 1.75. The molecule has 3 rings (SSSR count). The molecule has 0 aliphatic heterocycles. The van der Waals surface area contributed by atoms with E-state index in [1.807, 2.05) is 38.1 Å². The fourth-order valence-electron chi connectivity index (χ4n) is 2.87. The molecule has 0 saturated carbocycles. The average Bonchev–Trinajstić information content (AvgIpc) is 3.06. The van der Waals surface area contributed by atoms with Crippen molar-refractivity contribution >= 4 is 29.9 Å². The van der Waals surface area contributed by atoms with Gasteiger partial charge in [0.15, 0.2) is 5.96 Å². The third-order valence-corrected chi connectivity index (χ3v) is 4.54. The Morgan fingerprint density at radius 3 is 2.30 bits per heavy atom. The van der Waals surface area contributed by atoms with Crippen molar-refractivity contribution in [2.24, 2.45) is 4.99 Å². The number of aromatic nitrogens is 1. The van der Waals surface area contributed by atoms with Crippen LogP contribution in [0.3, 0.4) is 0 Å². The first kappa shape index (κ1) is 23.9. The molecular weight excluding hydrogens is 491 g/mol. The van der Waals surface area contributed by atoms with Crippen molar-refractivity contribution in [1.29, 1.82) is 0 Å². The van der Waals surface area contributed by atoms with Crippen molar-refractivity contribution in [3.05, 3.63) is 88.6 Å². The zero-order valence-corrected chi connectivity index (χ0v) is 20.0. The van der Waals surface area contributed by atoms with Gasteiger partial charge in [-0.2, -0.15) is 0 Å². The van der Waals surface area contributed by atoms with Crippen LogP contribution >= 0.6 is 24.0 Å². The highest BCUT2D eigenvalue weighted by Crippen LogP contribution is 2.10. The van der Waals surface area contributed by atoms with E-state index in [-0.39, 0.29) is 24.0 Å². The minimum atomic E-state index is 0. The smallest absolute Gasteiger partial charge is 0.214 e. The molecule has 0 radical (unpaired) electrons. The summed E-state index contributed by atoms with van der Waals surface area (Å²) in [5.41, 5.74) is 4.40. The maximum atomic E-state index is 5.83. The molecule has 0 unspecified atom stereocenters. The number of hydrogen-bond acceptors (Lipinski definition) is 4. The van der Waals surface area contributed by atoms with Crippen molar-refractivity contribution in [3.63, 3.8) is 0 Å². The number of guanidine groups is 1. The molecule has 0 atom stereocenters. The minimum absolute atomic E-state index is 0. The van der Waals surface area contributed by atoms with Gasteiger partial charge in [-0.3, -0.25) is 4.99 Å². The van der Waals surface area contributed by atoms with E-state index in [1.54, 1.807) is 7.05 Å². The largest absolute Gasteiger partial charge is 0.444 e. The normalized spacial score (nSPS) is 11.1. The zero-order valence-electron chi connectivity index (χ0n) is 17.6. The predicted octanol–water partition coefficient (Wildman–Crippen LogP) is 4.49. The zero-order chi connectivity index (χ0) is 20.5. The van der Waals surface area contributed by atoms with Gasteiger partial charge in [0, 0.05) is 13.6 Å². The van der Waals surface area contributed by atoms with Crippen molar-refractivity contribution < 1.29 is 9.15 Å². The van der Waals surface area contributed by atoms with Crippen LogP contribution in [-0.2, 0) is 31.0 Å². The monoisotopic (exact) mass is 520 g/mol. The third kappa shape index (κ3) is 7.46. The molecule has 30 heavy (non-hydrogen) atoms. The van der Waals surface area contributed by atoms with Gasteiger partial charge in [0.2, 0.25) is 5.89 Å². The number of ether oxygens (including phenoxy) is 1. The Morgan fingerprint density at radius 1 is 0.933 bits per heavy atom. The van der Waals surface area contributed by atoms with E-state index in [2.05, 4.69) is 50.9 Å². The number of aryl methyl sites for hydroxylation is 2. The molecule has 0 bridgehead atoms. The summed E-state index contributed by atoms with van der Waals surface area (Å²) < 4.78 is 11.4. The van der Waals surface area contributed by atoms with Crippen LogP contribution in [0.4, 0.5) is 0 Å². The highest BCUT2D eigenvalue weighted by atomic mass is 127. The summed E-state index contributed by atoms with van der Waals surface area (Å²) in [4.78, 5) is 8.62. The van der Waals surface area contributed by atoms with Crippen LogP contribution in [0.1, 0.15) is 34.0 Å². The molecule has 7 heteroatoms. The fraction of sp³-hybridized carbons (Fsp3) is 0.304. The van der Waals surface area contributed by atoms with Gasteiger partial charge in [0.25, 0.3) is 0 Å². The van der Waals surface area contributed by atoms with Crippen molar-refractivity contribution in [2.45, 2.75) is 40.2 Å². The average molecular weight is 520 g/mol. The summed E-state index contributed by atoms with van der Waals surface area (Å²) in [5.74, 6) is 2.20. The topological polar surface area (TPSA) is 71.7 Å². The van der Waals surface area contributed by atoms with Gasteiger partial charge in [-0.25, -0.2) is 4.98 Å². The second kappa shape index (κ2) is 12.3. The fourth-order valence-corrected chi connectivity index (χ4v) is 2.87. The van der Waals surface area contributed by atoms with Crippen LogP contribution in [0.5, 0.6) is 0 Å². The van der Waals surface area contributed by atoms with Gasteiger partial charge in [-0.05, 0) is 30.5 Å². The molecule has 3 aromatic rings. The lowest BCUT2D eigenvalue weighted by molar-refractivity contribution is 0.107. The third-order valence-electron chi connectivity index (χ3n) is 4.54. The van der Waals surface area contributed by atoms with E-state index >= 15 is 0 Å². The second-order valence-electron chi connectivity index (χ2n) is 6.83. The van der Waals surface area contributed by atoms with Crippen LogP contribution in [0.25, 0.3) is 0 Å². The molecule has 1 heterocycles. The molecule has 6 nitrogen and oxygen atoms in total. The highest BCUT2D eigenvalue weighted by molar-refractivity contribution is 14.0. The summed E-state index contributed by atoms with van der Waals surface area (Å²) in [6.45, 7) is 6.19. The van der Waals surface area contributed by atoms with Gasteiger partial charge in [-0.1, -0.05) is 54.6 Å². The Labute approximate surface area is 195 Å². The Kier molecular flexibility index (Phi) is 9.82. The summed E-state index contributed by atoms with van der Waals surface area (Å²) in [6.07, 6.45) is 0. The number of hydrogen-bond donors (Lipinski definition) is 2. The van der Waals surface area contributed by atoms with Crippen LogP contribution in [0, 0.1) is 13.8 Å². The first-order valence-corrected chi connectivity index (χ1v) is 9.71. The molecular formula is C23H29IN4O2. The quantitative estimate of drug-likeness (QED) is 0.260. The van der Waals surface area contributed by atoms with E-state index in [9.17, 15) is 0 Å². The lowest BCUT2D eigenvalue weighted by Crippen LogP contribution is -2.36. The molecule has 0 aliphatic carbocycles. The maximum Gasteiger partial charge on any atom is 0.214 e. The number of oxazole rings is 1. The molecule has 0 aliphatic rings. The maximum absolute atomic E-state index is 5.83. The van der Waals surface area contributed by atoms with Crippen molar-refractivity contribution in [2.75, 3.05) is 7.05 Å². The molecule has 160 valence electrons. The van der Waals surface area contributed by atoms with Crippen molar-refractivity contribution in [3.8, 4) is 0 Å². The molecule has 0 spiro atoms. The summed E-state index contributed by atoms with van der Waals surface area (Å²) >= 11 is 0. The summed E-state index contributed by atoms with van der Waals surface area (Å²) in [5, 5.41) is 6.54. The molecule has 0 amide bonds. The number of nitrogens with zero attached hydrogens (tertiary/aromatic N) is 2. The lowest BCUT2D eigenvalue weighted by atomic mass is 10.1. The number of benzene rings is 2. The Bertz CT molecular complexity index is 922. The molecule has 0 saturated heterocycles. The molecule has 2 N–H and O–H groups in total. The lowest BCUT2D eigenvalue weighted by Gasteiger charge is -2.12. The van der Waals surface area contributed by atoms with Crippen molar-refractivity contribution in [1.82, 2.24) is 15.6 Å². The first-order valence-electron chi connectivity index (χ1n) is 9.71. The van der Waals surface area contributed by atoms with Gasteiger partial charge < -0.3 is 19.8 Å². The number of rotatable bonds is 8. The molecule has 0 fully saturated rings. The first-order chi connectivity index (χ1) is 14.1. The van der Waals surface area contributed by atoms with Gasteiger partial charge in [-0.15, -0.1) is 24.0 Å². The number of halogens is 1. The van der Waals surface area contributed by atoms with Crippen LogP contribution < -0.4 is 10.6 Å². The SMILES string of the molecule is CN=C(NCc1cccc(COCc2ccccc2)c1)NCc1nc(C)c(C)o1.I. The summed E-state index contributed by atoms with van der Waals surface area (Å²) in [6, 6.07) is 18.6. The Hall–Kier alpha value is -2.39. The van der Waals surface area contributed by atoms with Gasteiger partial charge >= 0.3 is 0 Å². The van der Waals surface area contributed by atoms with E-state index in [0.29, 0.717) is 38.2 Å². The Balaban J connectivity index is 0.00000320. The predicted molar refractivity (Wildman–Crippen MR) is 130 cm³/mol. The van der Waals surface area contributed by atoms with E-state index in [1.165, 1.54) is 5.56 Å². The van der Waals surface area contributed by atoms with E-state index < -0.39 is 0 Å². The van der Waals surface area contributed by atoms with Gasteiger partial charge in [0.05, 0.1) is 25.5 Å². The highest BCUT2D eigenvalue weighted by Gasteiger charge is 2.06. The molecule has 2 aromatic carbocycles. The second-order valence-corrected chi connectivity index (χ2v) is 6.83. The van der Waals surface area contributed by atoms with Crippen LogP contribution in [0.15, 0.2) is 64.0 Å². The van der Waals surface area contributed by atoms with E-state index in [0.717, 1.165) is 22.6 Å². The van der Waals surface area contributed by atoms with Crippen LogP contribution in [-0.4, -0.2) is 18.0 Å². The molecule has 1 aromatic heterocycles. The van der Waals surface area contributed by atoms with E-state index in [4.69, 9.17) is 9.15 Å². The number of aliphatic imine (C=N–C) groups is 1. The number of nitrogens with one attached hydrogen (secondary N) is 2.